The summed E-state index contributed by atoms with van der Waals surface area (Å²) in [5.41, 5.74) is 0.946. The van der Waals surface area contributed by atoms with Gasteiger partial charge in [0.2, 0.25) is 0 Å². The van der Waals surface area contributed by atoms with Gasteiger partial charge in [-0.3, -0.25) is 4.79 Å². The van der Waals surface area contributed by atoms with Crippen LogP contribution in [0.1, 0.15) is 70.5 Å². The predicted octanol–water partition coefficient (Wildman–Crippen LogP) is 0.242. The Morgan fingerprint density at radius 1 is 1.20 bits per heavy atom. The summed E-state index contributed by atoms with van der Waals surface area (Å²) in [5, 5.41) is 12.5. The number of Topliss-reactive ketones (excluding diaryl/α,β-unsaturated/α-hetero) is 1. The van der Waals surface area contributed by atoms with E-state index >= 15 is 0 Å². The first-order valence-electron chi connectivity index (χ1n) is 9.72. The van der Waals surface area contributed by atoms with E-state index in [1.807, 2.05) is 37.3 Å². The highest BCUT2D eigenvalue weighted by Crippen LogP contribution is 2.32. The first-order valence-corrected chi connectivity index (χ1v) is 9.72. The molecule has 1 aromatic rings. The molecule has 0 bridgehead atoms. The first-order chi connectivity index (χ1) is 11.6. The number of benzene rings is 1. The molecule has 0 heterocycles. The van der Waals surface area contributed by atoms with Gasteiger partial charge in [-0.05, 0) is 37.7 Å². The monoisotopic (exact) mass is 367 g/mol. The van der Waals surface area contributed by atoms with Crippen LogP contribution in [-0.4, -0.2) is 23.5 Å². The van der Waals surface area contributed by atoms with Crippen LogP contribution in [-0.2, 0) is 4.79 Å². The summed E-state index contributed by atoms with van der Waals surface area (Å²) in [4.78, 5) is 12.6. The van der Waals surface area contributed by atoms with Crippen molar-refractivity contribution in [3.63, 3.8) is 0 Å². The number of carbonyl (C=O) groups is 1. The van der Waals surface area contributed by atoms with Crippen molar-refractivity contribution in [1.29, 1.82) is 0 Å². The quantitative estimate of drug-likeness (QED) is 0.657. The molecule has 0 amide bonds. The van der Waals surface area contributed by atoms with Crippen LogP contribution in [0.4, 0.5) is 0 Å². The van der Waals surface area contributed by atoms with Crippen molar-refractivity contribution >= 4 is 5.78 Å². The van der Waals surface area contributed by atoms with Gasteiger partial charge in [0.15, 0.2) is 0 Å². The lowest BCUT2D eigenvalue weighted by Gasteiger charge is -2.28. The molecule has 0 aromatic heterocycles. The minimum absolute atomic E-state index is 0. The normalized spacial score (nSPS) is 18.8. The summed E-state index contributed by atoms with van der Waals surface area (Å²) in [6, 6.07) is 9.83. The van der Waals surface area contributed by atoms with Crippen molar-refractivity contribution in [2.45, 2.75) is 70.9 Å². The molecule has 1 aromatic carbocycles. The summed E-state index contributed by atoms with van der Waals surface area (Å²) >= 11 is 0. The number of hydrogen-bond donors (Lipinski definition) is 2. The van der Waals surface area contributed by atoms with E-state index in [1.54, 1.807) is 0 Å². The minimum atomic E-state index is -0.485. The highest BCUT2D eigenvalue weighted by atomic mass is 35.5. The van der Waals surface area contributed by atoms with Gasteiger partial charge in [-0.15, -0.1) is 0 Å². The molecule has 3 atom stereocenters. The maximum absolute atomic E-state index is 12.6. The van der Waals surface area contributed by atoms with Gasteiger partial charge in [0.25, 0.3) is 0 Å². The van der Waals surface area contributed by atoms with Crippen LogP contribution >= 0.6 is 0 Å². The number of halogens is 1. The van der Waals surface area contributed by atoms with Crippen LogP contribution in [0.15, 0.2) is 30.3 Å². The van der Waals surface area contributed by atoms with Crippen molar-refractivity contribution in [1.82, 2.24) is 0 Å². The predicted molar refractivity (Wildman–Crippen MR) is 97.6 cm³/mol. The third-order valence-electron chi connectivity index (χ3n) is 5.64. The van der Waals surface area contributed by atoms with Gasteiger partial charge in [0.05, 0.1) is 13.0 Å². The molecule has 1 saturated carbocycles. The fraction of sp³-hybridized carbons (Fsp3) is 0.667. The van der Waals surface area contributed by atoms with E-state index in [0.717, 1.165) is 18.5 Å². The summed E-state index contributed by atoms with van der Waals surface area (Å²) in [6.45, 7) is 4.95. The third kappa shape index (κ3) is 6.73. The Morgan fingerprint density at radius 2 is 1.84 bits per heavy atom. The SMILES string of the molecule is CCC(C(=O)CC[NH2+]C(C)C(O)c1ccccc1)C1CCCCC1.[Cl-]. The van der Waals surface area contributed by atoms with Crippen molar-refractivity contribution in [3.05, 3.63) is 35.9 Å². The smallest absolute Gasteiger partial charge is 0.141 e. The number of hydrogen-bond acceptors (Lipinski definition) is 2. The molecule has 0 aliphatic heterocycles. The molecule has 1 aliphatic carbocycles. The second-order valence-electron chi connectivity index (χ2n) is 7.37. The van der Waals surface area contributed by atoms with E-state index in [4.69, 9.17) is 0 Å². The molecule has 142 valence electrons. The Morgan fingerprint density at radius 3 is 2.44 bits per heavy atom. The molecule has 1 aliphatic rings. The number of carbonyl (C=O) groups excluding carboxylic acids is 1. The van der Waals surface area contributed by atoms with Crippen LogP contribution in [0.25, 0.3) is 0 Å². The largest absolute Gasteiger partial charge is 1.00 e. The number of rotatable bonds is 9. The van der Waals surface area contributed by atoms with Crippen molar-refractivity contribution in [3.8, 4) is 0 Å². The zero-order chi connectivity index (χ0) is 17.4. The maximum Gasteiger partial charge on any atom is 0.141 e. The Hall–Kier alpha value is -0.900. The molecule has 2 rings (SSSR count). The standard InChI is InChI=1S/C21H33NO2.ClH/c1-3-19(17-10-6-4-7-11-17)20(23)14-15-22-16(2)21(24)18-12-8-5-9-13-18;/h5,8-9,12-13,16-17,19,21-22,24H,3-4,6-7,10-11,14-15H2,1-2H3;1H. The van der Waals surface area contributed by atoms with Gasteiger partial charge in [-0.25, -0.2) is 0 Å². The molecule has 4 heteroatoms. The van der Waals surface area contributed by atoms with Crippen LogP contribution < -0.4 is 17.7 Å². The zero-order valence-corrected chi connectivity index (χ0v) is 16.4. The number of aliphatic hydroxyl groups is 1. The topological polar surface area (TPSA) is 53.9 Å². The van der Waals surface area contributed by atoms with Gasteiger partial charge in [-0.2, -0.15) is 0 Å². The van der Waals surface area contributed by atoms with E-state index in [2.05, 4.69) is 12.2 Å². The summed E-state index contributed by atoms with van der Waals surface area (Å²) in [6.07, 6.45) is 7.51. The maximum atomic E-state index is 12.6. The Bertz CT molecular complexity index is 488. The minimum Gasteiger partial charge on any atom is -1.00 e. The molecule has 0 radical (unpaired) electrons. The third-order valence-corrected chi connectivity index (χ3v) is 5.64. The average Bonchev–Trinajstić information content (AvgIpc) is 2.63. The fourth-order valence-electron chi connectivity index (χ4n) is 4.12. The molecular weight excluding hydrogens is 334 g/mol. The molecule has 25 heavy (non-hydrogen) atoms. The van der Waals surface area contributed by atoms with Crippen molar-refractivity contribution in [2.75, 3.05) is 6.54 Å². The molecule has 0 saturated heterocycles. The van der Waals surface area contributed by atoms with Crippen LogP contribution in [0.2, 0.25) is 0 Å². The number of quaternary nitrogens is 1. The highest BCUT2D eigenvalue weighted by Gasteiger charge is 2.28. The van der Waals surface area contributed by atoms with Crippen LogP contribution in [0.3, 0.4) is 0 Å². The van der Waals surface area contributed by atoms with E-state index in [-0.39, 0.29) is 24.4 Å². The van der Waals surface area contributed by atoms with Crippen molar-refractivity contribution in [2.24, 2.45) is 11.8 Å². The lowest BCUT2D eigenvalue weighted by molar-refractivity contribution is -0.693. The Balaban J connectivity index is 0.00000312. The van der Waals surface area contributed by atoms with Gasteiger partial charge >= 0.3 is 0 Å². The van der Waals surface area contributed by atoms with Crippen LogP contribution in [0, 0.1) is 11.8 Å². The lowest BCUT2D eigenvalue weighted by Crippen LogP contribution is -3.00. The van der Waals surface area contributed by atoms with Gasteiger partial charge < -0.3 is 22.8 Å². The first kappa shape index (κ1) is 22.1. The molecule has 3 unspecified atom stereocenters. The second-order valence-corrected chi connectivity index (χ2v) is 7.37. The van der Waals surface area contributed by atoms with Gasteiger partial charge in [-0.1, -0.05) is 56.5 Å². The van der Waals surface area contributed by atoms with Gasteiger partial charge in [0.1, 0.15) is 17.9 Å². The summed E-state index contributed by atoms with van der Waals surface area (Å²) in [5.74, 6) is 1.30. The highest BCUT2D eigenvalue weighted by molar-refractivity contribution is 5.81. The fourth-order valence-corrected chi connectivity index (χ4v) is 4.12. The molecular formula is C21H34ClNO2. The average molecular weight is 368 g/mol. The molecule has 0 spiro atoms. The number of nitrogens with two attached hydrogens (primary N) is 1. The second kappa shape index (κ2) is 11.7. The zero-order valence-electron chi connectivity index (χ0n) is 15.7. The number of aliphatic hydroxyl groups excluding tert-OH is 1. The summed E-state index contributed by atoms with van der Waals surface area (Å²) in [7, 11) is 0. The number of ketones is 1. The molecule has 1 fully saturated rings. The van der Waals surface area contributed by atoms with Gasteiger partial charge in [0, 0.05) is 5.92 Å². The van der Waals surface area contributed by atoms with Crippen LogP contribution in [0.5, 0.6) is 0 Å². The van der Waals surface area contributed by atoms with E-state index in [0.29, 0.717) is 18.1 Å². The Kier molecular flexibility index (Phi) is 10.3. The lowest BCUT2D eigenvalue weighted by atomic mass is 9.76. The van der Waals surface area contributed by atoms with E-state index < -0.39 is 6.10 Å². The summed E-state index contributed by atoms with van der Waals surface area (Å²) < 4.78 is 0. The Labute approximate surface area is 159 Å². The molecule has 3 nitrogen and oxygen atoms in total. The van der Waals surface area contributed by atoms with E-state index in [9.17, 15) is 9.90 Å². The van der Waals surface area contributed by atoms with Crippen molar-refractivity contribution < 1.29 is 27.6 Å². The van der Waals surface area contributed by atoms with E-state index in [1.165, 1.54) is 32.1 Å². The molecule has 3 N–H and O–H groups in total.